The Bertz CT molecular complexity index is 336. The van der Waals surface area contributed by atoms with E-state index in [-0.39, 0.29) is 0 Å². The summed E-state index contributed by atoms with van der Waals surface area (Å²) in [5.74, 6) is 0. The van der Waals surface area contributed by atoms with Crippen LogP contribution in [0.2, 0.25) is 4.34 Å². The van der Waals surface area contributed by atoms with Crippen molar-refractivity contribution < 1.29 is 0 Å². The Labute approximate surface area is 112 Å². The highest BCUT2D eigenvalue weighted by molar-refractivity contribution is 7.15. The Morgan fingerprint density at radius 1 is 1.47 bits per heavy atom. The lowest BCUT2D eigenvalue weighted by atomic mass is 10.1. The van der Waals surface area contributed by atoms with Gasteiger partial charge in [0.15, 0.2) is 0 Å². The number of rotatable bonds is 5. The van der Waals surface area contributed by atoms with E-state index in [1.54, 1.807) is 17.5 Å². The highest BCUT2D eigenvalue weighted by Gasteiger charge is 2.15. The molecule has 1 N–H and O–H groups in total. The molecule has 0 bridgehead atoms. The van der Waals surface area contributed by atoms with Gasteiger partial charge in [0, 0.05) is 19.1 Å². The van der Waals surface area contributed by atoms with E-state index in [4.69, 9.17) is 11.6 Å². The van der Waals surface area contributed by atoms with Crippen molar-refractivity contribution in [2.45, 2.75) is 38.8 Å². The molecule has 1 aliphatic rings. The van der Waals surface area contributed by atoms with Gasteiger partial charge in [-0.25, -0.2) is 4.98 Å². The second kappa shape index (κ2) is 6.69. The molecular formula is C12H20ClN3S. The monoisotopic (exact) mass is 273 g/mol. The van der Waals surface area contributed by atoms with Crippen LogP contribution >= 0.6 is 22.9 Å². The maximum absolute atomic E-state index is 5.84. The lowest BCUT2D eigenvalue weighted by molar-refractivity contribution is 0.170. The van der Waals surface area contributed by atoms with Gasteiger partial charge in [-0.15, -0.1) is 11.3 Å². The van der Waals surface area contributed by atoms with E-state index in [9.17, 15) is 0 Å². The summed E-state index contributed by atoms with van der Waals surface area (Å²) < 4.78 is 0.769. The number of piperidine rings is 1. The first-order valence-corrected chi connectivity index (χ1v) is 7.50. The van der Waals surface area contributed by atoms with Crippen molar-refractivity contribution in [2.75, 3.05) is 19.6 Å². The highest BCUT2D eigenvalue weighted by atomic mass is 35.5. The third-order valence-corrected chi connectivity index (χ3v) is 4.37. The van der Waals surface area contributed by atoms with Crippen molar-refractivity contribution in [2.24, 2.45) is 0 Å². The molecule has 2 rings (SSSR count). The average Bonchev–Trinajstić information content (AvgIpc) is 2.76. The SMILES string of the molecule is CC(CNCc1ncc(Cl)s1)N1CCCCC1. The molecule has 0 aromatic carbocycles. The Balaban J connectivity index is 1.67. The van der Waals surface area contributed by atoms with Gasteiger partial charge >= 0.3 is 0 Å². The number of aromatic nitrogens is 1. The number of hydrogen-bond donors (Lipinski definition) is 1. The first-order chi connectivity index (χ1) is 8.25. The standard InChI is InChI=1S/C12H20ClN3S/c1-10(16-5-3-2-4-6-16)7-14-9-12-15-8-11(13)17-12/h8,10,14H,2-7,9H2,1H3. The Morgan fingerprint density at radius 2 is 2.24 bits per heavy atom. The minimum absolute atomic E-state index is 0.616. The van der Waals surface area contributed by atoms with E-state index in [0.29, 0.717) is 6.04 Å². The summed E-state index contributed by atoms with van der Waals surface area (Å²) in [6, 6.07) is 0.616. The molecular weight excluding hydrogens is 254 g/mol. The van der Waals surface area contributed by atoms with Gasteiger partial charge in [-0.1, -0.05) is 18.0 Å². The van der Waals surface area contributed by atoms with E-state index in [1.807, 2.05) is 0 Å². The molecule has 0 radical (unpaired) electrons. The van der Waals surface area contributed by atoms with Crippen LogP contribution in [0.4, 0.5) is 0 Å². The Kier molecular flexibility index (Phi) is 5.22. The van der Waals surface area contributed by atoms with Crippen LogP contribution in [-0.4, -0.2) is 35.6 Å². The van der Waals surface area contributed by atoms with Crippen LogP contribution in [0.5, 0.6) is 0 Å². The molecule has 3 nitrogen and oxygen atoms in total. The normalized spacial score (nSPS) is 19.4. The summed E-state index contributed by atoms with van der Waals surface area (Å²) in [6.07, 6.45) is 5.82. The van der Waals surface area contributed by atoms with Crippen molar-refractivity contribution in [3.8, 4) is 0 Å². The molecule has 1 atom stereocenters. The number of thiazole rings is 1. The van der Waals surface area contributed by atoms with E-state index in [0.717, 1.165) is 22.4 Å². The average molecular weight is 274 g/mol. The van der Waals surface area contributed by atoms with Crippen LogP contribution in [0.3, 0.4) is 0 Å². The maximum atomic E-state index is 5.84. The van der Waals surface area contributed by atoms with Gasteiger partial charge in [0.2, 0.25) is 0 Å². The summed E-state index contributed by atoms with van der Waals surface area (Å²) >= 11 is 7.40. The molecule has 0 aliphatic carbocycles. The van der Waals surface area contributed by atoms with Crippen molar-refractivity contribution in [1.29, 1.82) is 0 Å². The Hall–Kier alpha value is -0.160. The van der Waals surface area contributed by atoms with Crippen LogP contribution in [-0.2, 0) is 6.54 Å². The molecule has 0 saturated carbocycles. The van der Waals surface area contributed by atoms with E-state index in [2.05, 4.69) is 22.1 Å². The topological polar surface area (TPSA) is 28.2 Å². The summed E-state index contributed by atoms with van der Waals surface area (Å²) in [6.45, 7) is 6.66. The molecule has 17 heavy (non-hydrogen) atoms. The van der Waals surface area contributed by atoms with Gasteiger partial charge in [-0.05, 0) is 32.9 Å². The third kappa shape index (κ3) is 4.21. The predicted octanol–water partition coefficient (Wildman–Crippen LogP) is 2.76. The molecule has 0 spiro atoms. The maximum Gasteiger partial charge on any atom is 0.113 e. The lowest BCUT2D eigenvalue weighted by Gasteiger charge is -2.32. The smallest absolute Gasteiger partial charge is 0.113 e. The summed E-state index contributed by atoms with van der Waals surface area (Å²) in [4.78, 5) is 6.81. The molecule has 1 aliphatic heterocycles. The first-order valence-electron chi connectivity index (χ1n) is 6.30. The van der Waals surface area contributed by atoms with Crippen molar-refractivity contribution in [1.82, 2.24) is 15.2 Å². The lowest BCUT2D eigenvalue weighted by Crippen LogP contribution is -2.42. The first kappa shape index (κ1) is 13.3. The fourth-order valence-electron chi connectivity index (χ4n) is 2.25. The number of nitrogens with one attached hydrogen (secondary N) is 1. The molecule has 0 amide bonds. The molecule has 1 fully saturated rings. The van der Waals surface area contributed by atoms with E-state index >= 15 is 0 Å². The number of nitrogens with zero attached hydrogens (tertiary/aromatic N) is 2. The number of halogens is 1. The van der Waals surface area contributed by atoms with Gasteiger partial charge in [0.1, 0.15) is 9.34 Å². The van der Waals surface area contributed by atoms with Crippen LogP contribution < -0.4 is 5.32 Å². The molecule has 1 saturated heterocycles. The Morgan fingerprint density at radius 3 is 2.88 bits per heavy atom. The van der Waals surface area contributed by atoms with Gasteiger partial charge < -0.3 is 5.32 Å². The van der Waals surface area contributed by atoms with Gasteiger partial charge in [-0.2, -0.15) is 0 Å². The quantitative estimate of drug-likeness (QED) is 0.894. The molecule has 5 heteroatoms. The number of hydrogen-bond acceptors (Lipinski definition) is 4. The zero-order valence-corrected chi connectivity index (χ0v) is 11.9. The molecule has 1 unspecified atom stereocenters. The van der Waals surface area contributed by atoms with Crippen molar-refractivity contribution in [3.05, 3.63) is 15.5 Å². The second-order valence-corrected chi connectivity index (χ2v) is 6.38. The van der Waals surface area contributed by atoms with Crippen LogP contribution in [0.1, 0.15) is 31.2 Å². The van der Waals surface area contributed by atoms with Gasteiger partial charge in [-0.3, -0.25) is 4.90 Å². The minimum atomic E-state index is 0.616. The van der Waals surface area contributed by atoms with E-state index < -0.39 is 0 Å². The zero-order valence-electron chi connectivity index (χ0n) is 10.3. The van der Waals surface area contributed by atoms with Crippen molar-refractivity contribution >= 4 is 22.9 Å². The summed E-state index contributed by atoms with van der Waals surface area (Å²) in [5.41, 5.74) is 0. The molecule has 2 heterocycles. The van der Waals surface area contributed by atoms with Crippen LogP contribution in [0, 0.1) is 0 Å². The minimum Gasteiger partial charge on any atom is -0.309 e. The van der Waals surface area contributed by atoms with Crippen LogP contribution in [0.15, 0.2) is 6.20 Å². The van der Waals surface area contributed by atoms with Crippen molar-refractivity contribution in [3.63, 3.8) is 0 Å². The van der Waals surface area contributed by atoms with Gasteiger partial charge in [0.25, 0.3) is 0 Å². The summed E-state index contributed by atoms with van der Waals surface area (Å²) in [7, 11) is 0. The fourth-order valence-corrected chi connectivity index (χ4v) is 3.17. The predicted molar refractivity (Wildman–Crippen MR) is 73.7 cm³/mol. The molecule has 1 aromatic rings. The molecule has 1 aromatic heterocycles. The largest absolute Gasteiger partial charge is 0.309 e. The third-order valence-electron chi connectivity index (χ3n) is 3.26. The number of likely N-dealkylation sites (tertiary alicyclic amines) is 1. The zero-order chi connectivity index (χ0) is 12.1. The highest BCUT2D eigenvalue weighted by Crippen LogP contribution is 2.18. The summed E-state index contributed by atoms with van der Waals surface area (Å²) in [5, 5.41) is 4.53. The van der Waals surface area contributed by atoms with Crippen LogP contribution in [0.25, 0.3) is 0 Å². The molecule has 96 valence electrons. The fraction of sp³-hybridized carbons (Fsp3) is 0.750. The second-order valence-electron chi connectivity index (χ2n) is 4.63. The van der Waals surface area contributed by atoms with E-state index in [1.165, 1.54) is 32.4 Å². The van der Waals surface area contributed by atoms with Gasteiger partial charge in [0.05, 0.1) is 6.20 Å².